The molecule has 0 bridgehead atoms. The average molecular weight is 268 g/mol. The van der Waals surface area contributed by atoms with Crippen molar-refractivity contribution in [1.82, 2.24) is 10.2 Å². The lowest BCUT2D eigenvalue weighted by atomic mass is 9.84. The number of nitrogens with one attached hydrogen (secondary N) is 1. The van der Waals surface area contributed by atoms with Crippen LogP contribution in [0.25, 0.3) is 0 Å². The molecule has 2 fully saturated rings. The molecule has 0 spiro atoms. The van der Waals surface area contributed by atoms with Crippen LogP contribution in [0, 0.1) is 11.8 Å². The fraction of sp³-hybridized carbons (Fsp3) is 1.00. The van der Waals surface area contributed by atoms with Crippen LogP contribution in [-0.4, -0.2) is 48.8 Å². The van der Waals surface area contributed by atoms with E-state index in [1.165, 1.54) is 58.2 Å². The fourth-order valence-corrected chi connectivity index (χ4v) is 3.94. The largest absolute Gasteiger partial charge is 0.394 e. The number of rotatable bonds is 8. The molecule has 0 saturated heterocycles. The number of hydrogen-bond acceptors (Lipinski definition) is 3. The van der Waals surface area contributed by atoms with Crippen LogP contribution in [0.4, 0.5) is 0 Å². The summed E-state index contributed by atoms with van der Waals surface area (Å²) < 4.78 is 0. The molecule has 2 aliphatic carbocycles. The lowest BCUT2D eigenvalue weighted by Gasteiger charge is -2.36. The van der Waals surface area contributed by atoms with Crippen LogP contribution in [0.3, 0.4) is 0 Å². The Morgan fingerprint density at radius 3 is 2.58 bits per heavy atom. The third-order valence-corrected chi connectivity index (χ3v) is 5.72. The van der Waals surface area contributed by atoms with E-state index in [0.717, 1.165) is 12.3 Å². The first-order chi connectivity index (χ1) is 9.24. The minimum atomic E-state index is 0.00980. The molecule has 0 aliphatic heterocycles. The summed E-state index contributed by atoms with van der Waals surface area (Å²) >= 11 is 0. The standard InChI is InChI=1S/C16H32N2O/c1-3-18(12-14-6-4-7-14)11-9-15-8-5-10-16(15,13-19)17-2/h14-15,17,19H,3-13H2,1-2H3. The molecule has 2 unspecified atom stereocenters. The molecular weight excluding hydrogens is 236 g/mol. The van der Waals surface area contributed by atoms with Gasteiger partial charge in [-0.3, -0.25) is 0 Å². The van der Waals surface area contributed by atoms with Crippen molar-refractivity contribution < 1.29 is 5.11 Å². The van der Waals surface area contributed by atoms with Gasteiger partial charge in [0.1, 0.15) is 0 Å². The van der Waals surface area contributed by atoms with E-state index in [1.54, 1.807) is 0 Å². The van der Waals surface area contributed by atoms with Gasteiger partial charge in [0, 0.05) is 12.1 Å². The van der Waals surface area contributed by atoms with Gasteiger partial charge in [0.25, 0.3) is 0 Å². The molecule has 112 valence electrons. The van der Waals surface area contributed by atoms with Crippen LogP contribution < -0.4 is 5.32 Å². The molecule has 2 aliphatic rings. The number of likely N-dealkylation sites (N-methyl/N-ethyl adjacent to an activating group) is 1. The third-order valence-electron chi connectivity index (χ3n) is 5.72. The van der Waals surface area contributed by atoms with Gasteiger partial charge in [-0.15, -0.1) is 0 Å². The topological polar surface area (TPSA) is 35.5 Å². The summed E-state index contributed by atoms with van der Waals surface area (Å²) in [5.74, 6) is 1.62. The van der Waals surface area contributed by atoms with Crippen LogP contribution in [0.15, 0.2) is 0 Å². The van der Waals surface area contributed by atoms with Crippen molar-refractivity contribution in [1.29, 1.82) is 0 Å². The van der Waals surface area contributed by atoms with Crippen LogP contribution in [0.2, 0.25) is 0 Å². The van der Waals surface area contributed by atoms with E-state index in [2.05, 4.69) is 17.1 Å². The number of hydrogen-bond donors (Lipinski definition) is 2. The van der Waals surface area contributed by atoms with Gasteiger partial charge in [-0.05, 0) is 64.1 Å². The van der Waals surface area contributed by atoms with Crippen LogP contribution >= 0.6 is 0 Å². The smallest absolute Gasteiger partial charge is 0.0615 e. The Hall–Kier alpha value is -0.120. The predicted molar refractivity (Wildman–Crippen MR) is 80.3 cm³/mol. The minimum Gasteiger partial charge on any atom is -0.394 e. The first kappa shape index (κ1) is 15.3. The zero-order valence-corrected chi connectivity index (χ0v) is 12.8. The van der Waals surface area contributed by atoms with Crippen molar-refractivity contribution in [3.8, 4) is 0 Å². The highest BCUT2D eigenvalue weighted by atomic mass is 16.3. The van der Waals surface area contributed by atoms with E-state index < -0.39 is 0 Å². The van der Waals surface area contributed by atoms with E-state index in [-0.39, 0.29) is 5.54 Å². The van der Waals surface area contributed by atoms with Crippen molar-refractivity contribution >= 4 is 0 Å². The summed E-state index contributed by atoms with van der Waals surface area (Å²) in [6.45, 7) is 6.26. The van der Waals surface area contributed by atoms with Crippen molar-refractivity contribution in [3.05, 3.63) is 0 Å². The van der Waals surface area contributed by atoms with E-state index in [0.29, 0.717) is 12.5 Å². The van der Waals surface area contributed by atoms with E-state index in [9.17, 15) is 5.11 Å². The van der Waals surface area contributed by atoms with Crippen LogP contribution in [0.1, 0.15) is 51.9 Å². The van der Waals surface area contributed by atoms with E-state index in [4.69, 9.17) is 0 Å². The van der Waals surface area contributed by atoms with Gasteiger partial charge in [-0.1, -0.05) is 19.8 Å². The second kappa shape index (κ2) is 7.05. The lowest BCUT2D eigenvalue weighted by Crippen LogP contribution is -2.50. The first-order valence-corrected chi connectivity index (χ1v) is 8.26. The molecule has 0 aromatic carbocycles. The zero-order chi connectivity index (χ0) is 13.7. The molecule has 3 nitrogen and oxygen atoms in total. The molecule has 0 heterocycles. The molecular formula is C16H32N2O. The maximum atomic E-state index is 9.73. The Labute approximate surface area is 118 Å². The van der Waals surface area contributed by atoms with Crippen molar-refractivity contribution in [2.24, 2.45) is 11.8 Å². The summed E-state index contributed by atoms with van der Waals surface area (Å²) in [6, 6.07) is 0. The monoisotopic (exact) mass is 268 g/mol. The highest BCUT2D eigenvalue weighted by Gasteiger charge is 2.40. The SMILES string of the molecule is CCN(CCC1CCCC1(CO)NC)CC1CCC1. The van der Waals surface area contributed by atoms with Crippen LogP contribution in [-0.2, 0) is 0 Å². The van der Waals surface area contributed by atoms with Crippen molar-refractivity contribution in [2.45, 2.75) is 57.4 Å². The van der Waals surface area contributed by atoms with Gasteiger partial charge < -0.3 is 15.3 Å². The highest BCUT2D eigenvalue weighted by molar-refractivity contribution is 4.98. The average Bonchev–Trinajstić information content (AvgIpc) is 2.80. The maximum Gasteiger partial charge on any atom is 0.0615 e. The molecule has 0 aromatic heterocycles. The zero-order valence-electron chi connectivity index (χ0n) is 12.8. The Bertz CT molecular complexity index is 261. The molecule has 0 aromatic rings. The van der Waals surface area contributed by atoms with Gasteiger partial charge in [-0.2, -0.15) is 0 Å². The first-order valence-electron chi connectivity index (χ1n) is 8.26. The molecule has 19 heavy (non-hydrogen) atoms. The molecule has 2 N–H and O–H groups in total. The quantitative estimate of drug-likeness (QED) is 0.709. The number of aliphatic hydroxyl groups is 1. The van der Waals surface area contributed by atoms with Gasteiger partial charge in [-0.25, -0.2) is 0 Å². The molecule has 0 amide bonds. The summed E-state index contributed by atoms with van der Waals surface area (Å²) in [6.07, 6.45) is 9.25. The summed E-state index contributed by atoms with van der Waals surface area (Å²) in [5, 5.41) is 13.1. The molecule has 3 heteroatoms. The Kier molecular flexibility index (Phi) is 5.67. The minimum absolute atomic E-state index is 0.00980. The Balaban J connectivity index is 1.78. The maximum absolute atomic E-state index is 9.73. The predicted octanol–water partition coefficient (Wildman–Crippen LogP) is 2.25. The lowest BCUT2D eigenvalue weighted by molar-refractivity contribution is 0.112. The second-order valence-corrected chi connectivity index (χ2v) is 6.63. The summed E-state index contributed by atoms with van der Waals surface area (Å²) in [5.41, 5.74) is 0.00980. The number of aliphatic hydroxyl groups excluding tert-OH is 1. The van der Waals surface area contributed by atoms with Gasteiger partial charge >= 0.3 is 0 Å². The van der Waals surface area contributed by atoms with Gasteiger partial charge in [0.05, 0.1) is 6.61 Å². The Morgan fingerprint density at radius 1 is 1.26 bits per heavy atom. The summed E-state index contributed by atoms with van der Waals surface area (Å²) in [4.78, 5) is 2.62. The highest BCUT2D eigenvalue weighted by Crippen LogP contribution is 2.37. The van der Waals surface area contributed by atoms with E-state index in [1.807, 2.05) is 7.05 Å². The van der Waals surface area contributed by atoms with Crippen LogP contribution in [0.5, 0.6) is 0 Å². The molecule has 2 rings (SSSR count). The van der Waals surface area contributed by atoms with Crippen molar-refractivity contribution in [3.63, 3.8) is 0 Å². The van der Waals surface area contributed by atoms with Gasteiger partial charge in [0.2, 0.25) is 0 Å². The summed E-state index contributed by atoms with van der Waals surface area (Å²) in [7, 11) is 2.01. The van der Waals surface area contributed by atoms with Gasteiger partial charge in [0.15, 0.2) is 0 Å². The van der Waals surface area contributed by atoms with E-state index >= 15 is 0 Å². The number of nitrogens with zero attached hydrogens (tertiary/aromatic N) is 1. The normalized spacial score (nSPS) is 31.9. The third kappa shape index (κ3) is 3.50. The molecule has 2 atom stereocenters. The Morgan fingerprint density at radius 2 is 2.05 bits per heavy atom. The van der Waals surface area contributed by atoms with Crippen molar-refractivity contribution in [2.75, 3.05) is 33.3 Å². The second-order valence-electron chi connectivity index (χ2n) is 6.63. The fourth-order valence-electron chi connectivity index (χ4n) is 3.94. The molecule has 2 saturated carbocycles. The molecule has 0 radical (unpaired) electrons.